The molecule has 0 unspecified atom stereocenters. The van der Waals surface area contributed by atoms with E-state index in [1.807, 2.05) is 32.9 Å². The summed E-state index contributed by atoms with van der Waals surface area (Å²) in [5.74, 6) is 0.643. The van der Waals surface area contributed by atoms with Gasteiger partial charge in [0.25, 0.3) is 0 Å². The molecule has 0 fully saturated rings. The molecule has 2 aromatic carbocycles. The van der Waals surface area contributed by atoms with Crippen LogP contribution in [-0.4, -0.2) is 47.3 Å². The molecular formula is C26H25N3O6. The topological polar surface area (TPSA) is 131 Å². The number of nitrogens with one attached hydrogen (secondary N) is 2. The normalized spacial score (nSPS) is 12.7. The molecule has 180 valence electrons. The molecule has 2 aromatic heterocycles. The van der Waals surface area contributed by atoms with Gasteiger partial charge in [0.2, 0.25) is 0 Å². The lowest BCUT2D eigenvalue weighted by atomic mass is 9.94. The van der Waals surface area contributed by atoms with Gasteiger partial charge in [-0.15, -0.1) is 0 Å². The average molecular weight is 476 g/mol. The highest BCUT2D eigenvalue weighted by molar-refractivity contribution is 6.21. The Morgan fingerprint density at radius 3 is 2.46 bits per heavy atom. The van der Waals surface area contributed by atoms with E-state index >= 15 is 0 Å². The van der Waals surface area contributed by atoms with Gasteiger partial charge >= 0.3 is 5.97 Å². The predicted molar refractivity (Wildman–Crippen MR) is 130 cm³/mol. The lowest BCUT2D eigenvalue weighted by Crippen LogP contribution is -2.20. The summed E-state index contributed by atoms with van der Waals surface area (Å²) in [6.45, 7) is 6.28. The summed E-state index contributed by atoms with van der Waals surface area (Å²) in [4.78, 5) is 15.1. The second-order valence-corrected chi connectivity index (χ2v) is 8.33. The Kier molecular flexibility index (Phi) is 5.47. The summed E-state index contributed by atoms with van der Waals surface area (Å²) in [7, 11) is 1.60. The smallest absolute Gasteiger partial charge is 0.339 e. The summed E-state index contributed by atoms with van der Waals surface area (Å²) in [6, 6.07) is 6.95. The number of rotatable bonds is 6. The molecule has 3 N–H and O–H groups in total. The lowest BCUT2D eigenvalue weighted by Gasteiger charge is -2.23. The first kappa shape index (κ1) is 22.5. The number of hydrogen-bond donors (Lipinski definition) is 3. The molecule has 5 rings (SSSR count). The van der Waals surface area contributed by atoms with E-state index < -0.39 is 5.97 Å². The molecule has 0 atom stereocenters. The molecular weight excluding hydrogens is 450 g/mol. The summed E-state index contributed by atoms with van der Waals surface area (Å²) in [5, 5.41) is 23.6. The molecule has 0 saturated carbocycles. The minimum absolute atomic E-state index is 0.0108. The molecule has 35 heavy (non-hydrogen) atoms. The van der Waals surface area contributed by atoms with E-state index in [1.54, 1.807) is 13.2 Å². The third-order valence-electron chi connectivity index (χ3n) is 6.29. The highest BCUT2D eigenvalue weighted by atomic mass is 16.6. The average Bonchev–Trinajstić information content (AvgIpc) is 3.39. The number of carboxylic acid groups (broad SMARTS) is 1. The number of hydrogen-bond acceptors (Lipinski definition) is 7. The third-order valence-corrected chi connectivity index (χ3v) is 6.29. The van der Waals surface area contributed by atoms with Gasteiger partial charge in [0.05, 0.1) is 24.1 Å². The molecule has 3 heterocycles. The fourth-order valence-electron chi connectivity index (χ4n) is 4.70. The Balaban J connectivity index is 1.72. The number of methoxy groups -OCH3 is 1. The highest BCUT2D eigenvalue weighted by Gasteiger charge is 2.28. The van der Waals surface area contributed by atoms with Crippen LogP contribution in [0.5, 0.6) is 17.2 Å². The molecule has 1 aliphatic rings. The standard InChI is InChI=1S/C26H25N3O6/c1-5-18-22(23(27)14-6-7-15(26(30)31)25-24(14)33-8-9-34-25)16-11-20(32-4)17(10-19(16)28-18)21-12(2)29-35-13(21)3/h6-7,10-11,27-28H,5,8-9H2,1-4H3,(H,30,31). The van der Waals surface area contributed by atoms with E-state index in [0.717, 1.165) is 33.4 Å². The first-order valence-corrected chi connectivity index (χ1v) is 11.3. The van der Waals surface area contributed by atoms with Crippen LogP contribution >= 0.6 is 0 Å². The van der Waals surface area contributed by atoms with Gasteiger partial charge in [0.15, 0.2) is 11.5 Å². The van der Waals surface area contributed by atoms with Crippen molar-refractivity contribution in [1.82, 2.24) is 10.1 Å². The fourth-order valence-corrected chi connectivity index (χ4v) is 4.70. The van der Waals surface area contributed by atoms with Crippen molar-refractivity contribution in [2.75, 3.05) is 20.3 Å². The van der Waals surface area contributed by atoms with E-state index in [0.29, 0.717) is 29.1 Å². The summed E-state index contributed by atoms with van der Waals surface area (Å²) in [5.41, 5.74) is 5.57. The van der Waals surface area contributed by atoms with Crippen molar-refractivity contribution in [3.8, 4) is 28.4 Å². The monoisotopic (exact) mass is 475 g/mol. The van der Waals surface area contributed by atoms with Crippen LogP contribution < -0.4 is 14.2 Å². The van der Waals surface area contributed by atoms with E-state index in [-0.39, 0.29) is 36.0 Å². The van der Waals surface area contributed by atoms with Crippen LogP contribution in [0.4, 0.5) is 0 Å². The van der Waals surface area contributed by atoms with Crippen molar-refractivity contribution in [1.29, 1.82) is 5.41 Å². The zero-order valence-corrected chi connectivity index (χ0v) is 19.9. The molecule has 9 heteroatoms. The van der Waals surface area contributed by atoms with Gasteiger partial charge in [-0.25, -0.2) is 4.79 Å². The molecule has 0 spiro atoms. The molecule has 0 aliphatic carbocycles. The van der Waals surface area contributed by atoms with Crippen molar-refractivity contribution in [3.63, 3.8) is 0 Å². The number of nitrogens with zero attached hydrogens (tertiary/aromatic N) is 1. The number of aromatic nitrogens is 2. The fraction of sp³-hybridized carbons (Fsp3) is 0.269. The minimum atomic E-state index is -1.11. The second kappa shape index (κ2) is 8.50. The van der Waals surface area contributed by atoms with Gasteiger partial charge in [0.1, 0.15) is 30.3 Å². The maximum atomic E-state index is 11.7. The Hall–Kier alpha value is -4.27. The maximum absolute atomic E-state index is 11.7. The van der Waals surface area contributed by atoms with Crippen molar-refractivity contribution < 1.29 is 28.6 Å². The molecule has 0 bridgehead atoms. The number of H-pyrrole nitrogens is 1. The van der Waals surface area contributed by atoms with Gasteiger partial charge in [-0.3, -0.25) is 5.41 Å². The summed E-state index contributed by atoms with van der Waals surface area (Å²) >= 11 is 0. The van der Waals surface area contributed by atoms with E-state index in [4.69, 9.17) is 24.1 Å². The summed E-state index contributed by atoms with van der Waals surface area (Å²) in [6.07, 6.45) is 0.655. The molecule has 0 saturated heterocycles. The minimum Gasteiger partial charge on any atom is -0.496 e. The zero-order valence-electron chi connectivity index (χ0n) is 19.9. The van der Waals surface area contributed by atoms with Gasteiger partial charge in [-0.1, -0.05) is 12.1 Å². The first-order chi connectivity index (χ1) is 16.8. The zero-order chi connectivity index (χ0) is 24.9. The summed E-state index contributed by atoms with van der Waals surface area (Å²) < 4.78 is 22.6. The van der Waals surface area contributed by atoms with E-state index in [2.05, 4.69) is 10.1 Å². The second-order valence-electron chi connectivity index (χ2n) is 8.33. The van der Waals surface area contributed by atoms with E-state index in [1.165, 1.54) is 6.07 Å². The van der Waals surface area contributed by atoms with Crippen LogP contribution in [0.3, 0.4) is 0 Å². The van der Waals surface area contributed by atoms with Crippen molar-refractivity contribution >= 4 is 22.6 Å². The van der Waals surface area contributed by atoms with Gasteiger partial charge in [0, 0.05) is 33.3 Å². The molecule has 9 nitrogen and oxygen atoms in total. The number of aromatic carboxylic acids is 1. The number of benzene rings is 2. The highest BCUT2D eigenvalue weighted by Crippen LogP contribution is 2.42. The number of ether oxygens (including phenoxy) is 3. The number of aromatic amines is 1. The van der Waals surface area contributed by atoms with Crippen molar-refractivity contribution in [2.45, 2.75) is 27.2 Å². The third kappa shape index (κ3) is 3.51. The van der Waals surface area contributed by atoms with Crippen LogP contribution in [0, 0.1) is 19.3 Å². The number of fused-ring (bicyclic) bond motifs is 2. The van der Waals surface area contributed by atoms with Crippen molar-refractivity contribution in [3.05, 3.63) is 58.1 Å². The van der Waals surface area contributed by atoms with Crippen LogP contribution in [-0.2, 0) is 6.42 Å². The first-order valence-electron chi connectivity index (χ1n) is 11.3. The quantitative estimate of drug-likeness (QED) is 0.338. The SMILES string of the molecule is CCc1[nH]c2cc(-c3c(C)noc3C)c(OC)cc2c1C(=N)c1ccc(C(=O)O)c2c1OCCO2. The Morgan fingerprint density at radius 1 is 1.17 bits per heavy atom. The molecule has 4 aromatic rings. The van der Waals surface area contributed by atoms with Gasteiger partial charge in [-0.2, -0.15) is 0 Å². The Bertz CT molecular complexity index is 1480. The number of aryl methyl sites for hydroxylation is 3. The Labute approximate surface area is 201 Å². The number of carboxylic acids is 1. The van der Waals surface area contributed by atoms with E-state index in [9.17, 15) is 9.90 Å². The van der Waals surface area contributed by atoms with Crippen LogP contribution in [0.25, 0.3) is 22.0 Å². The largest absolute Gasteiger partial charge is 0.496 e. The Morgan fingerprint density at radius 2 is 1.86 bits per heavy atom. The van der Waals surface area contributed by atoms with Crippen LogP contribution in [0.2, 0.25) is 0 Å². The van der Waals surface area contributed by atoms with Crippen molar-refractivity contribution in [2.24, 2.45) is 0 Å². The van der Waals surface area contributed by atoms with Gasteiger partial charge in [-0.05, 0) is 44.5 Å². The number of carbonyl (C=O) groups is 1. The molecule has 1 aliphatic heterocycles. The van der Waals surface area contributed by atoms with Crippen LogP contribution in [0.15, 0.2) is 28.8 Å². The molecule has 0 radical (unpaired) electrons. The maximum Gasteiger partial charge on any atom is 0.339 e. The lowest BCUT2D eigenvalue weighted by molar-refractivity contribution is 0.0686. The van der Waals surface area contributed by atoms with Gasteiger partial charge < -0.3 is 28.8 Å². The van der Waals surface area contributed by atoms with Crippen LogP contribution in [0.1, 0.15) is 45.6 Å². The molecule has 0 amide bonds. The predicted octanol–water partition coefficient (Wildman–Crippen LogP) is 4.90.